The summed E-state index contributed by atoms with van der Waals surface area (Å²) >= 11 is 5.43. The quantitative estimate of drug-likeness (QED) is 0.318. The topological polar surface area (TPSA) is 43.1 Å². The van der Waals surface area contributed by atoms with Crippen molar-refractivity contribution in [1.29, 1.82) is 0 Å². The minimum atomic E-state index is -0.402. The van der Waals surface area contributed by atoms with Gasteiger partial charge >= 0.3 is 0 Å². The summed E-state index contributed by atoms with van der Waals surface area (Å²) in [5.74, 6) is 5.71. The fourth-order valence-electron chi connectivity index (χ4n) is 1.30. The molecule has 0 bridgehead atoms. The van der Waals surface area contributed by atoms with Crippen LogP contribution in [0.2, 0.25) is 0 Å². The molecule has 1 aromatic carbocycles. The van der Waals surface area contributed by atoms with Crippen LogP contribution in [0.15, 0.2) is 12.1 Å². The SMILES string of the molecule is Cc1cc(C)c([N+](=O)[O-])cc1C#CCCl. The minimum absolute atomic E-state index is 0.0967. The zero-order chi connectivity index (χ0) is 11.4. The van der Waals surface area contributed by atoms with Crippen LogP contribution in [0.5, 0.6) is 0 Å². The number of hydrogen-bond donors (Lipinski definition) is 0. The molecule has 1 aromatic rings. The summed E-state index contributed by atoms with van der Waals surface area (Å²) in [7, 11) is 0. The monoisotopic (exact) mass is 223 g/mol. The molecule has 0 aliphatic carbocycles. The van der Waals surface area contributed by atoms with E-state index in [-0.39, 0.29) is 11.6 Å². The summed E-state index contributed by atoms with van der Waals surface area (Å²) in [6.07, 6.45) is 0. The number of alkyl halides is 1. The molecular formula is C11H10ClNO2. The molecule has 78 valence electrons. The Morgan fingerprint density at radius 2 is 2.07 bits per heavy atom. The molecule has 0 amide bonds. The molecular weight excluding hydrogens is 214 g/mol. The molecule has 0 aliphatic heterocycles. The van der Waals surface area contributed by atoms with Gasteiger partial charge in [0.05, 0.1) is 10.8 Å². The van der Waals surface area contributed by atoms with Crippen molar-refractivity contribution in [1.82, 2.24) is 0 Å². The average Bonchev–Trinajstić information content (AvgIpc) is 2.16. The van der Waals surface area contributed by atoms with Crippen molar-refractivity contribution in [3.63, 3.8) is 0 Å². The van der Waals surface area contributed by atoms with Crippen LogP contribution in [-0.4, -0.2) is 10.8 Å². The Kier molecular flexibility index (Phi) is 3.70. The molecule has 0 N–H and O–H groups in total. The highest BCUT2D eigenvalue weighted by atomic mass is 35.5. The Balaban J connectivity index is 3.29. The van der Waals surface area contributed by atoms with Gasteiger partial charge in [-0.1, -0.05) is 11.8 Å². The molecule has 0 saturated heterocycles. The lowest BCUT2D eigenvalue weighted by Gasteiger charge is -2.01. The van der Waals surface area contributed by atoms with Crippen LogP contribution in [0.25, 0.3) is 0 Å². The highest BCUT2D eigenvalue weighted by Gasteiger charge is 2.12. The lowest BCUT2D eigenvalue weighted by atomic mass is 10.0. The van der Waals surface area contributed by atoms with Crippen LogP contribution in [-0.2, 0) is 0 Å². The largest absolute Gasteiger partial charge is 0.273 e. The van der Waals surface area contributed by atoms with E-state index in [0.717, 1.165) is 5.56 Å². The molecule has 0 aliphatic rings. The van der Waals surface area contributed by atoms with Crippen molar-refractivity contribution in [2.75, 3.05) is 5.88 Å². The van der Waals surface area contributed by atoms with Crippen LogP contribution in [0.1, 0.15) is 16.7 Å². The first-order valence-electron chi connectivity index (χ1n) is 4.36. The van der Waals surface area contributed by atoms with Gasteiger partial charge in [-0.2, -0.15) is 0 Å². The summed E-state index contributed by atoms with van der Waals surface area (Å²) in [6.45, 7) is 3.58. The fourth-order valence-corrected chi connectivity index (χ4v) is 1.37. The number of aryl methyl sites for hydroxylation is 2. The van der Waals surface area contributed by atoms with Crippen molar-refractivity contribution < 1.29 is 4.92 Å². The Bertz CT molecular complexity index is 458. The third kappa shape index (κ3) is 2.71. The number of rotatable bonds is 1. The highest BCUT2D eigenvalue weighted by Crippen LogP contribution is 2.21. The number of benzene rings is 1. The van der Waals surface area contributed by atoms with E-state index in [0.29, 0.717) is 11.1 Å². The molecule has 4 heteroatoms. The molecule has 0 radical (unpaired) electrons. The second kappa shape index (κ2) is 4.81. The van der Waals surface area contributed by atoms with Crippen molar-refractivity contribution >= 4 is 17.3 Å². The molecule has 0 spiro atoms. The maximum absolute atomic E-state index is 10.7. The van der Waals surface area contributed by atoms with Crippen LogP contribution < -0.4 is 0 Å². The van der Waals surface area contributed by atoms with Crippen LogP contribution in [0.4, 0.5) is 5.69 Å². The highest BCUT2D eigenvalue weighted by molar-refractivity contribution is 6.19. The normalized spacial score (nSPS) is 9.27. The molecule has 3 nitrogen and oxygen atoms in total. The minimum Gasteiger partial charge on any atom is -0.258 e. The predicted octanol–water partition coefficient (Wildman–Crippen LogP) is 2.80. The predicted molar refractivity (Wildman–Crippen MR) is 60.2 cm³/mol. The first-order valence-corrected chi connectivity index (χ1v) is 4.90. The molecule has 1 rings (SSSR count). The van der Waals surface area contributed by atoms with Gasteiger partial charge in [0.25, 0.3) is 5.69 Å². The molecule has 0 heterocycles. The number of nitro groups is 1. The molecule has 0 fully saturated rings. The smallest absolute Gasteiger partial charge is 0.258 e. The number of nitro benzene ring substituents is 1. The van der Waals surface area contributed by atoms with E-state index in [4.69, 9.17) is 11.6 Å². The summed E-state index contributed by atoms with van der Waals surface area (Å²) in [4.78, 5) is 10.3. The molecule has 0 saturated carbocycles. The third-order valence-corrected chi connectivity index (χ3v) is 2.16. The van der Waals surface area contributed by atoms with E-state index >= 15 is 0 Å². The molecule has 0 unspecified atom stereocenters. The summed E-state index contributed by atoms with van der Waals surface area (Å²) in [5.41, 5.74) is 2.33. The first-order chi connectivity index (χ1) is 7.06. The average molecular weight is 224 g/mol. The maximum Gasteiger partial charge on any atom is 0.273 e. The lowest BCUT2D eigenvalue weighted by Crippen LogP contribution is -1.94. The zero-order valence-electron chi connectivity index (χ0n) is 8.50. The molecule has 0 atom stereocenters. The van der Waals surface area contributed by atoms with Crippen LogP contribution >= 0.6 is 11.6 Å². The van der Waals surface area contributed by atoms with Gasteiger partial charge in [0.15, 0.2) is 0 Å². The summed E-state index contributed by atoms with van der Waals surface area (Å²) in [5, 5.41) is 10.7. The van der Waals surface area contributed by atoms with Crippen molar-refractivity contribution in [3.05, 3.63) is 38.9 Å². The Hall–Kier alpha value is -1.53. The Morgan fingerprint density at radius 1 is 1.40 bits per heavy atom. The van der Waals surface area contributed by atoms with E-state index in [1.807, 2.05) is 6.92 Å². The van der Waals surface area contributed by atoms with Crippen molar-refractivity contribution in [2.45, 2.75) is 13.8 Å². The standard InChI is InChI=1S/C11H10ClNO2/c1-8-6-9(2)11(13(14)15)7-10(8)4-3-5-12/h6-7H,5H2,1-2H3. The number of halogens is 1. The van der Waals surface area contributed by atoms with Crippen molar-refractivity contribution in [2.24, 2.45) is 0 Å². The fraction of sp³-hybridized carbons (Fsp3) is 0.273. The van der Waals surface area contributed by atoms with Gasteiger partial charge in [0, 0.05) is 17.2 Å². The van der Waals surface area contributed by atoms with E-state index in [1.165, 1.54) is 6.07 Å². The number of nitrogens with zero attached hydrogens (tertiary/aromatic N) is 1. The van der Waals surface area contributed by atoms with Crippen LogP contribution in [0.3, 0.4) is 0 Å². The zero-order valence-corrected chi connectivity index (χ0v) is 9.26. The summed E-state index contributed by atoms with van der Waals surface area (Å²) < 4.78 is 0. The van der Waals surface area contributed by atoms with Gasteiger partial charge in [0.1, 0.15) is 0 Å². The van der Waals surface area contributed by atoms with E-state index in [1.54, 1.807) is 13.0 Å². The van der Waals surface area contributed by atoms with E-state index in [2.05, 4.69) is 11.8 Å². The molecule has 15 heavy (non-hydrogen) atoms. The Labute approximate surface area is 93.2 Å². The number of hydrogen-bond acceptors (Lipinski definition) is 2. The van der Waals surface area contributed by atoms with Gasteiger partial charge in [-0.3, -0.25) is 10.1 Å². The Morgan fingerprint density at radius 3 is 2.60 bits per heavy atom. The second-order valence-corrected chi connectivity index (χ2v) is 3.41. The van der Waals surface area contributed by atoms with Gasteiger partial charge < -0.3 is 0 Å². The van der Waals surface area contributed by atoms with E-state index < -0.39 is 4.92 Å². The molecule has 0 aromatic heterocycles. The third-order valence-electron chi connectivity index (χ3n) is 2.03. The van der Waals surface area contributed by atoms with Crippen LogP contribution in [0, 0.1) is 35.8 Å². The van der Waals surface area contributed by atoms with Gasteiger partial charge in [-0.15, -0.1) is 11.6 Å². The lowest BCUT2D eigenvalue weighted by molar-refractivity contribution is -0.385. The van der Waals surface area contributed by atoms with Crippen molar-refractivity contribution in [3.8, 4) is 11.8 Å². The van der Waals surface area contributed by atoms with Gasteiger partial charge in [-0.05, 0) is 25.5 Å². The maximum atomic E-state index is 10.7. The first kappa shape index (κ1) is 11.5. The summed E-state index contributed by atoms with van der Waals surface area (Å²) in [6, 6.07) is 3.25. The van der Waals surface area contributed by atoms with Gasteiger partial charge in [0.2, 0.25) is 0 Å². The van der Waals surface area contributed by atoms with Gasteiger partial charge in [-0.25, -0.2) is 0 Å². The van der Waals surface area contributed by atoms with E-state index in [9.17, 15) is 10.1 Å². The second-order valence-electron chi connectivity index (χ2n) is 3.15.